The Kier molecular flexibility index (Phi) is 6.55. The normalized spacial score (nSPS) is 13.8. The number of phenols is 2. The van der Waals surface area contributed by atoms with Gasteiger partial charge in [-0.2, -0.15) is 0 Å². The maximum absolute atomic E-state index is 13.2. The standard InChI is InChI=1S/C25H25BrN2O4/c1-32-22-10-6-5-9-19(22)27-11-13-28(14-12-27)23(31)15-18-24(17-7-3-2-4-8-17)20(29)16-21(30)25(18)26/h2-10,16,29-30H,11-15H2,1H3. The predicted molar refractivity (Wildman–Crippen MR) is 128 cm³/mol. The Morgan fingerprint density at radius 2 is 1.62 bits per heavy atom. The first kappa shape index (κ1) is 22.0. The molecule has 1 aliphatic rings. The lowest BCUT2D eigenvalue weighted by atomic mass is 9.95. The number of para-hydroxylation sites is 2. The first-order valence-electron chi connectivity index (χ1n) is 10.4. The molecule has 0 saturated carbocycles. The second-order valence-corrected chi connectivity index (χ2v) is 8.46. The fraction of sp³-hybridized carbons (Fsp3) is 0.240. The minimum atomic E-state index is -0.0917. The number of nitrogens with zero attached hydrogens (tertiary/aromatic N) is 2. The van der Waals surface area contributed by atoms with Crippen molar-refractivity contribution in [3.8, 4) is 28.4 Å². The Hall–Kier alpha value is -3.19. The zero-order valence-corrected chi connectivity index (χ0v) is 19.4. The van der Waals surface area contributed by atoms with Gasteiger partial charge in [0.1, 0.15) is 17.2 Å². The number of piperazine rings is 1. The number of amides is 1. The van der Waals surface area contributed by atoms with E-state index in [1.54, 1.807) is 7.11 Å². The van der Waals surface area contributed by atoms with Crippen LogP contribution in [0.25, 0.3) is 11.1 Å². The second kappa shape index (κ2) is 9.53. The molecule has 4 rings (SSSR count). The van der Waals surface area contributed by atoms with Gasteiger partial charge in [0, 0.05) is 37.8 Å². The lowest BCUT2D eigenvalue weighted by molar-refractivity contribution is -0.130. The number of rotatable bonds is 5. The lowest BCUT2D eigenvalue weighted by Gasteiger charge is -2.36. The highest BCUT2D eigenvalue weighted by Gasteiger charge is 2.26. The van der Waals surface area contributed by atoms with Crippen molar-refractivity contribution in [2.24, 2.45) is 0 Å². The van der Waals surface area contributed by atoms with Crippen LogP contribution in [0, 0.1) is 0 Å². The van der Waals surface area contributed by atoms with Crippen LogP contribution in [0.4, 0.5) is 5.69 Å². The van der Waals surface area contributed by atoms with Crippen LogP contribution in [-0.2, 0) is 11.2 Å². The van der Waals surface area contributed by atoms with Crippen molar-refractivity contribution in [1.29, 1.82) is 0 Å². The first-order valence-corrected chi connectivity index (χ1v) is 11.2. The van der Waals surface area contributed by atoms with Gasteiger partial charge in [-0.25, -0.2) is 0 Å². The summed E-state index contributed by atoms with van der Waals surface area (Å²) in [6, 6.07) is 18.6. The lowest BCUT2D eigenvalue weighted by Crippen LogP contribution is -2.49. The molecule has 1 amide bonds. The van der Waals surface area contributed by atoms with Gasteiger partial charge in [0.2, 0.25) is 5.91 Å². The average molecular weight is 497 g/mol. The zero-order chi connectivity index (χ0) is 22.7. The molecule has 1 fully saturated rings. The molecule has 3 aromatic rings. The molecule has 0 atom stereocenters. The van der Waals surface area contributed by atoms with E-state index in [1.807, 2.05) is 59.5 Å². The SMILES string of the molecule is COc1ccccc1N1CCN(C(=O)Cc2c(Br)c(O)cc(O)c2-c2ccccc2)CC1. The first-order chi connectivity index (χ1) is 15.5. The Morgan fingerprint density at radius 3 is 2.31 bits per heavy atom. The summed E-state index contributed by atoms with van der Waals surface area (Å²) in [6.45, 7) is 2.56. The van der Waals surface area contributed by atoms with E-state index in [9.17, 15) is 15.0 Å². The van der Waals surface area contributed by atoms with Gasteiger partial charge in [-0.1, -0.05) is 42.5 Å². The number of halogens is 1. The van der Waals surface area contributed by atoms with Crippen molar-refractivity contribution in [2.75, 3.05) is 38.2 Å². The van der Waals surface area contributed by atoms with Crippen molar-refractivity contribution in [1.82, 2.24) is 4.90 Å². The topological polar surface area (TPSA) is 73.2 Å². The van der Waals surface area contributed by atoms with Crippen molar-refractivity contribution in [3.63, 3.8) is 0 Å². The van der Waals surface area contributed by atoms with Crippen LogP contribution in [0.5, 0.6) is 17.2 Å². The second-order valence-electron chi connectivity index (χ2n) is 7.66. The van der Waals surface area contributed by atoms with Crippen LogP contribution >= 0.6 is 15.9 Å². The molecular weight excluding hydrogens is 472 g/mol. The monoisotopic (exact) mass is 496 g/mol. The average Bonchev–Trinajstić information content (AvgIpc) is 2.83. The van der Waals surface area contributed by atoms with E-state index in [2.05, 4.69) is 20.8 Å². The van der Waals surface area contributed by atoms with E-state index in [0.29, 0.717) is 41.8 Å². The van der Waals surface area contributed by atoms with Gasteiger partial charge in [0.15, 0.2) is 0 Å². The van der Waals surface area contributed by atoms with Gasteiger partial charge in [-0.15, -0.1) is 0 Å². The number of aromatic hydroxyl groups is 2. The minimum absolute atomic E-state index is 0.0486. The number of carbonyl (C=O) groups is 1. The summed E-state index contributed by atoms with van der Waals surface area (Å²) in [5.74, 6) is 0.623. The van der Waals surface area contributed by atoms with Crippen molar-refractivity contribution in [3.05, 3.63) is 70.7 Å². The smallest absolute Gasteiger partial charge is 0.227 e. The molecule has 166 valence electrons. The molecule has 1 aliphatic heterocycles. The van der Waals surface area contributed by atoms with Crippen LogP contribution in [-0.4, -0.2) is 54.3 Å². The highest BCUT2D eigenvalue weighted by molar-refractivity contribution is 9.10. The molecule has 1 heterocycles. The van der Waals surface area contributed by atoms with E-state index in [4.69, 9.17) is 4.74 Å². The van der Waals surface area contributed by atoms with Gasteiger partial charge < -0.3 is 24.7 Å². The third-order valence-electron chi connectivity index (χ3n) is 5.77. The fourth-order valence-electron chi connectivity index (χ4n) is 4.13. The molecule has 1 saturated heterocycles. The van der Waals surface area contributed by atoms with E-state index in [1.165, 1.54) is 6.07 Å². The minimum Gasteiger partial charge on any atom is -0.507 e. The van der Waals surface area contributed by atoms with E-state index in [0.717, 1.165) is 17.0 Å². The fourth-order valence-corrected chi connectivity index (χ4v) is 4.58. The van der Waals surface area contributed by atoms with Crippen LogP contribution in [0.2, 0.25) is 0 Å². The third kappa shape index (κ3) is 4.39. The number of carbonyl (C=O) groups excluding carboxylic acids is 1. The van der Waals surface area contributed by atoms with Gasteiger partial charge in [0.25, 0.3) is 0 Å². The van der Waals surface area contributed by atoms with Crippen molar-refractivity contribution >= 4 is 27.5 Å². The summed E-state index contributed by atoms with van der Waals surface area (Å²) in [7, 11) is 1.66. The number of methoxy groups -OCH3 is 1. The number of benzene rings is 3. The van der Waals surface area contributed by atoms with Crippen LogP contribution < -0.4 is 9.64 Å². The Bertz CT molecular complexity index is 1110. The molecule has 0 aliphatic carbocycles. The van der Waals surface area contributed by atoms with Crippen molar-refractivity contribution < 1.29 is 19.7 Å². The van der Waals surface area contributed by atoms with Gasteiger partial charge in [-0.3, -0.25) is 4.79 Å². The number of anilines is 1. The summed E-state index contributed by atoms with van der Waals surface area (Å²) in [5, 5.41) is 20.8. The zero-order valence-electron chi connectivity index (χ0n) is 17.8. The van der Waals surface area contributed by atoms with Crippen LogP contribution in [0.1, 0.15) is 5.56 Å². The number of hydrogen-bond acceptors (Lipinski definition) is 5. The largest absolute Gasteiger partial charge is 0.507 e. The molecule has 0 unspecified atom stereocenters. The summed E-state index contributed by atoms with van der Waals surface area (Å²) in [4.78, 5) is 17.2. The van der Waals surface area contributed by atoms with E-state index >= 15 is 0 Å². The molecule has 7 heteroatoms. The summed E-state index contributed by atoms with van der Waals surface area (Å²) >= 11 is 3.42. The Balaban J connectivity index is 1.53. The van der Waals surface area contributed by atoms with Crippen LogP contribution in [0.15, 0.2) is 65.1 Å². The highest BCUT2D eigenvalue weighted by atomic mass is 79.9. The molecule has 0 bridgehead atoms. The quantitative estimate of drug-likeness (QED) is 0.546. The number of hydrogen-bond donors (Lipinski definition) is 2. The van der Waals surface area contributed by atoms with Crippen LogP contribution in [0.3, 0.4) is 0 Å². The maximum atomic E-state index is 13.2. The third-order valence-corrected chi connectivity index (χ3v) is 6.65. The van der Waals surface area contributed by atoms with E-state index in [-0.39, 0.29) is 23.8 Å². The van der Waals surface area contributed by atoms with Gasteiger partial charge in [-0.05, 0) is 39.2 Å². The molecule has 0 spiro atoms. The highest BCUT2D eigenvalue weighted by Crippen LogP contribution is 2.42. The number of ether oxygens (including phenoxy) is 1. The van der Waals surface area contributed by atoms with Crippen molar-refractivity contribution in [2.45, 2.75) is 6.42 Å². The van der Waals surface area contributed by atoms with Gasteiger partial charge in [0.05, 0.1) is 23.7 Å². The summed E-state index contributed by atoms with van der Waals surface area (Å²) < 4.78 is 5.89. The molecule has 0 aromatic heterocycles. The molecule has 0 radical (unpaired) electrons. The summed E-state index contributed by atoms with van der Waals surface area (Å²) in [5.41, 5.74) is 2.94. The maximum Gasteiger partial charge on any atom is 0.227 e. The molecule has 3 aromatic carbocycles. The molecule has 6 nitrogen and oxygen atoms in total. The summed E-state index contributed by atoms with van der Waals surface area (Å²) in [6.07, 6.45) is 0.0709. The predicted octanol–water partition coefficient (Wildman–Crippen LogP) is 4.43. The molecular formula is C25H25BrN2O4. The number of phenolic OH excluding ortho intramolecular Hbond substituents is 2. The van der Waals surface area contributed by atoms with E-state index < -0.39 is 0 Å². The molecule has 32 heavy (non-hydrogen) atoms. The Labute approximate surface area is 195 Å². The molecule has 2 N–H and O–H groups in total. The van der Waals surface area contributed by atoms with Gasteiger partial charge >= 0.3 is 0 Å². The Morgan fingerprint density at radius 1 is 0.969 bits per heavy atom.